The highest BCUT2D eigenvalue weighted by Gasteiger charge is 2.16. The third kappa shape index (κ3) is 4.89. The third-order valence-corrected chi connectivity index (χ3v) is 6.57. The van der Waals surface area contributed by atoms with E-state index in [1.165, 1.54) is 16.2 Å². The van der Waals surface area contributed by atoms with Crippen molar-refractivity contribution in [2.45, 2.75) is 18.6 Å². The lowest BCUT2D eigenvalue weighted by atomic mass is 10.3. The van der Waals surface area contributed by atoms with Gasteiger partial charge in [0.25, 0.3) is 0 Å². The van der Waals surface area contributed by atoms with Gasteiger partial charge in [0.15, 0.2) is 9.84 Å². The molecule has 2 aromatic heterocycles. The van der Waals surface area contributed by atoms with Crippen molar-refractivity contribution >= 4 is 38.4 Å². The summed E-state index contributed by atoms with van der Waals surface area (Å²) in [6.07, 6.45) is 0.602. The van der Waals surface area contributed by atoms with Gasteiger partial charge in [-0.25, -0.2) is 13.4 Å². The zero-order valence-electron chi connectivity index (χ0n) is 12.5. The van der Waals surface area contributed by atoms with Crippen molar-refractivity contribution in [2.75, 3.05) is 19.8 Å². The number of thiophene rings is 1. The Labute approximate surface area is 138 Å². The molecule has 2 heterocycles. The van der Waals surface area contributed by atoms with E-state index >= 15 is 0 Å². The quantitative estimate of drug-likeness (QED) is 0.763. The van der Waals surface area contributed by atoms with E-state index in [-0.39, 0.29) is 23.8 Å². The highest BCUT2D eigenvalue weighted by atomic mass is 32.2. The van der Waals surface area contributed by atoms with Gasteiger partial charge in [-0.05, 0) is 17.9 Å². The van der Waals surface area contributed by atoms with Crippen molar-refractivity contribution in [1.82, 2.24) is 9.88 Å². The van der Waals surface area contributed by atoms with Crippen molar-refractivity contribution < 1.29 is 13.2 Å². The molecule has 0 saturated carbocycles. The average Bonchev–Trinajstić information content (AvgIpc) is 3.08. The summed E-state index contributed by atoms with van der Waals surface area (Å²) >= 11 is 3.04. The first kappa shape index (κ1) is 17.1. The molecule has 120 valence electrons. The van der Waals surface area contributed by atoms with Gasteiger partial charge in [0.2, 0.25) is 5.91 Å². The molecule has 0 spiro atoms. The molecule has 0 saturated heterocycles. The van der Waals surface area contributed by atoms with Crippen LogP contribution in [0.5, 0.6) is 0 Å². The van der Waals surface area contributed by atoms with Crippen LogP contribution in [-0.4, -0.2) is 44.1 Å². The van der Waals surface area contributed by atoms with Gasteiger partial charge in [-0.3, -0.25) is 4.79 Å². The predicted molar refractivity (Wildman–Crippen MR) is 90.8 cm³/mol. The van der Waals surface area contributed by atoms with Gasteiger partial charge in [-0.1, -0.05) is 6.07 Å². The number of aromatic nitrogens is 1. The van der Waals surface area contributed by atoms with Crippen LogP contribution in [0.1, 0.15) is 18.5 Å². The van der Waals surface area contributed by atoms with Gasteiger partial charge in [-0.2, -0.15) is 0 Å². The summed E-state index contributed by atoms with van der Waals surface area (Å²) < 4.78 is 24.2. The first-order valence-corrected chi connectivity index (χ1v) is 10.3. The number of hydrogen-bond acceptors (Lipinski definition) is 6. The monoisotopic (exact) mass is 358 g/mol. The van der Waals surface area contributed by atoms with E-state index in [1.54, 1.807) is 30.8 Å². The predicted octanol–water partition coefficient (Wildman–Crippen LogP) is 2.65. The Morgan fingerprint density at radius 1 is 1.32 bits per heavy atom. The summed E-state index contributed by atoms with van der Waals surface area (Å²) in [6, 6.07) is 3.91. The normalized spacial score (nSPS) is 11.5. The lowest BCUT2D eigenvalue weighted by Crippen LogP contribution is -2.22. The van der Waals surface area contributed by atoms with Crippen LogP contribution in [0.2, 0.25) is 0 Å². The van der Waals surface area contributed by atoms with E-state index in [4.69, 9.17) is 0 Å². The molecule has 0 atom stereocenters. The topological polar surface area (TPSA) is 67.3 Å². The van der Waals surface area contributed by atoms with Gasteiger partial charge in [0.1, 0.15) is 5.01 Å². The van der Waals surface area contributed by atoms with Crippen molar-refractivity contribution in [3.05, 3.63) is 28.6 Å². The van der Waals surface area contributed by atoms with Crippen LogP contribution in [0.4, 0.5) is 0 Å². The van der Waals surface area contributed by atoms with Gasteiger partial charge in [0, 0.05) is 25.9 Å². The second-order valence-corrected chi connectivity index (χ2v) is 9.09. The van der Waals surface area contributed by atoms with Crippen LogP contribution in [-0.2, 0) is 20.4 Å². The number of hydrogen-bond donors (Lipinski definition) is 0. The lowest BCUT2D eigenvalue weighted by Gasteiger charge is -2.09. The number of rotatable bonds is 7. The molecule has 0 aliphatic rings. The maximum absolute atomic E-state index is 12.1. The molecule has 0 aromatic carbocycles. The van der Waals surface area contributed by atoms with E-state index in [0.717, 1.165) is 9.88 Å². The van der Waals surface area contributed by atoms with Gasteiger partial charge in [0.05, 0.1) is 22.1 Å². The number of amides is 1. The smallest absolute Gasteiger partial charge is 0.222 e. The molecule has 0 aliphatic heterocycles. The van der Waals surface area contributed by atoms with E-state index in [1.807, 2.05) is 17.5 Å². The van der Waals surface area contributed by atoms with Gasteiger partial charge in [-0.15, -0.1) is 22.7 Å². The molecule has 0 bridgehead atoms. The SMILES string of the molecule is CN(C)C(=O)CCCS(=O)(=O)Cc1csc(-c2cccs2)n1. The Hall–Kier alpha value is -1.25. The van der Waals surface area contributed by atoms with Crippen molar-refractivity contribution in [3.63, 3.8) is 0 Å². The highest BCUT2D eigenvalue weighted by molar-refractivity contribution is 7.90. The van der Waals surface area contributed by atoms with Crippen LogP contribution < -0.4 is 0 Å². The largest absolute Gasteiger partial charge is 0.349 e. The lowest BCUT2D eigenvalue weighted by molar-refractivity contribution is -0.128. The fraction of sp³-hybridized carbons (Fsp3) is 0.429. The number of thiazole rings is 1. The second kappa shape index (κ2) is 7.34. The van der Waals surface area contributed by atoms with Crippen LogP contribution >= 0.6 is 22.7 Å². The van der Waals surface area contributed by atoms with E-state index < -0.39 is 9.84 Å². The summed E-state index contributed by atoms with van der Waals surface area (Å²) in [5, 5.41) is 4.61. The molecule has 0 aliphatic carbocycles. The Bertz CT molecular complexity index is 718. The molecule has 5 nitrogen and oxygen atoms in total. The zero-order chi connectivity index (χ0) is 16.2. The zero-order valence-corrected chi connectivity index (χ0v) is 14.9. The Morgan fingerprint density at radius 2 is 2.09 bits per heavy atom. The van der Waals surface area contributed by atoms with Crippen molar-refractivity contribution in [2.24, 2.45) is 0 Å². The molecular formula is C14H18N2O3S3. The molecule has 8 heteroatoms. The molecule has 2 aromatic rings. The minimum Gasteiger partial charge on any atom is -0.349 e. The number of nitrogens with zero attached hydrogens (tertiary/aromatic N) is 2. The Balaban J connectivity index is 1.90. The van der Waals surface area contributed by atoms with Crippen molar-refractivity contribution in [3.8, 4) is 9.88 Å². The summed E-state index contributed by atoms with van der Waals surface area (Å²) in [5.74, 6) is -0.104. The fourth-order valence-electron chi connectivity index (χ4n) is 1.85. The molecule has 2 rings (SSSR count). The van der Waals surface area contributed by atoms with E-state index in [2.05, 4.69) is 4.98 Å². The maximum Gasteiger partial charge on any atom is 0.222 e. The Kier molecular flexibility index (Phi) is 5.71. The molecule has 0 N–H and O–H groups in total. The fourth-order valence-corrected chi connectivity index (χ4v) is 4.92. The van der Waals surface area contributed by atoms with Gasteiger partial charge < -0.3 is 4.90 Å². The summed E-state index contributed by atoms with van der Waals surface area (Å²) in [6.45, 7) is 0. The molecule has 0 unspecified atom stereocenters. The minimum atomic E-state index is -3.23. The third-order valence-electron chi connectivity index (χ3n) is 3.00. The average molecular weight is 359 g/mol. The summed E-state index contributed by atoms with van der Waals surface area (Å²) in [5.41, 5.74) is 0.576. The minimum absolute atomic E-state index is 0.0123. The first-order chi connectivity index (χ1) is 10.4. The van der Waals surface area contributed by atoms with Crippen LogP contribution in [0.3, 0.4) is 0 Å². The van der Waals surface area contributed by atoms with E-state index in [0.29, 0.717) is 12.1 Å². The van der Waals surface area contributed by atoms with Crippen LogP contribution in [0.25, 0.3) is 9.88 Å². The standard InChI is InChI=1S/C14H18N2O3S3/c1-16(2)13(17)6-4-8-22(18,19)10-11-9-21-14(15-11)12-5-3-7-20-12/h3,5,7,9H,4,6,8,10H2,1-2H3. The molecule has 0 fully saturated rings. The number of carbonyl (C=O) groups is 1. The molecule has 22 heavy (non-hydrogen) atoms. The van der Waals surface area contributed by atoms with Crippen LogP contribution in [0.15, 0.2) is 22.9 Å². The second-order valence-electron chi connectivity index (χ2n) is 5.11. The van der Waals surface area contributed by atoms with Crippen LogP contribution in [0, 0.1) is 0 Å². The highest BCUT2D eigenvalue weighted by Crippen LogP contribution is 2.28. The van der Waals surface area contributed by atoms with E-state index in [9.17, 15) is 13.2 Å². The molecule has 0 radical (unpaired) electrons. The van der Waals surface area contributed by atoms with Crippen molar-refractivity contribution in [1.29, 1.82) is 0 Å². The molecular weight excluding hydrogens is 340 g/mol. The maximum atomic E-state index is 12.1. The first-order valence-electron chi connectivity index (χ1n) is 6.76. The number of sulfone groups is 1. The Morgan fingerprint density at radius 3 is 2.73 bits per heavy atom. The summed E-state index contributed by atoms with van der Waals surface area (Å²) in [7, 11) is 0.0951. The van der Waals surface area contributed by atoms with Gasteiger partial charge >= 0.3 is 0 Å². The molecule has 1 amide bonds. The number of carbonyl (C=O) groups excluding carboxylic acids is 1. The summed E-state index contributed by atoms with van der Waals surface area (Å²) in [4.78, 5) is 18.3.